The maximum atomic E-state index is 5.18. The Kier molecular flexibility index (Phi) is 16.1. The van der Waals surface area contributed by atoms with Gasteiger partial charge < -0.3 is 11.2 Å². The molecule has 17 rings (SSSR count). The van der Waals surface area contributed by atoms with Gasteiger partial charge in [0.25, 0.3) is 0 Å². The summed E-state index contributed by atoms with van der Waals surface area (Å²) in [7, 11) is 0. The summed E-state index contributed by atoms with van der Waals surface area (Å²) in [6.07, 6.45) is 0. The second-order valence-electron chi connectivity index (χ2n) is 26.3. The van der Waals surface area contributed by atoms with E-state index in [9.17, 15) is 0 Å². The fourth-order valence-electron chi connectivity index (χ4n) is 13.8. The molecule has 17 aromatic rings. The van der Waals surface area contributed by atoms with E-state index in [0.717, 1.165) is 111 Å². The molecular weight excluding hydrogens is 1190 g/mol. The molecule has 13 aromatic carbocycles. The lowest BCUT2D eigenvalue weighted by atomic mass is 9.93. The molecule has 0 radical (unpaired) electrons. The Labute approximate surface area is 574 Å². The van der Waals surface area contributed by atoms with E-state index in [4.69, 9.17) is 19.9 Å². The van der Waals surface area contributed by atoms with Crippen molar-refractivity contribution >= 4 is 110 Å². The van der Waals surface area contributed by atoms with Crippen LogP contribution in [0.15, 0.2) is 315 Å². The highest BCUT2D eigenvalue weighted by atomic mass is 15.2. The number of hydrogen-bond donors (Lipinski definition) is 0. The van der Waals surface area contributed by atoms with Gasteiger partial charge in [0.05, 0.1) is 56.2 Å². The number of anilines is 6. The fourth-order valence-corrected chi connectivity index (χ4v) is 13.8. The van der Waals surface area contributed by atoms with E-state index in [-0.39, 0.29) is 1.43 Å². The van der Waals surface area contributed by atoms with Crippen LogP contribution >= 0.6 is 0 Å². The van der Waals surface area contributed by atoms with Gasteiger partial charge in [-0.05, 0) is 149 Å². The first-order valence-corrected chi connectivity index (χ1v) is 34.0. The standard InChI is InChI=1S/C50H46N2.C42H26N4.H/c1-33(2)37-19-27-41(28-20-37)51(39-23-15-35(5)16-24-39)49-31-47-44-12-8-10-14-46(44)50(32-48(47)43-11-7-9-13-45(43)49)52(40-25-17-36(6)18-26-40)42-29-21-38(22-30-42)34(3)4;1-3-8-27(9-4-1)35-22-18-29-14-16-31-20-24-37(45-41(31)39(29)43-35)33-12-7-13-34(26-33)38-25-21-32-17-15-30-19-23-36(28-10-5-2-6-11-28)44-40(30)42(32)46-38;/h7-34H,1-6H3;1-26H;/q;;-1/i;;1+1. The third kappa shape index (κ3) is 11.7. The minimum Gasteiger partial charge on any atom is -1.00 e. The van der Waals surface area contributed by atoms with Crippen molar-refractivity contribution < 1.29 is 1.43 Å². The number of benzene rings is 13. The number of aromatic nitrogens is 4. The molecule has 0 amide bonds. The van der Waals surface area contributed by atoms with Crippen LogP contribution in [0.5, 0.6) is 0 Å². The summed E-state index contributed by atoms with van der Waals surface area (Å²) in [5.41, 5.74) is 23.6. The van der Waals surface area contributed by atoms with Crippen LogP contribution in [0.25, 0.3) is 121 Å². The van der Waals surface area contributed by atoms with Crippen molar-refractivity contribution in [3.05, 3.63) is 338 Å². The average molecular weight is 1260 g/mol. The first-order chi connectivity index (χ1) is 48.0. The van der Waals surface area contributed by atoms with Crippen molar-refractivity contribution in [3.63, 3.8) is 0 Å². The number of hydrogen-bond acceptors (Lipinski definition) is 6. The smallest absolute Gasteiger partial charge is 0.0972 e. The van der Waals surface area contributed by atoms with Gasteiger partial charge in [-0.1, -0.05) is 263 Å². The van der Waals surface area contributed by atoms with E-state index in [0.29, 0.717) is 11.8 Å². The molecule has 0 aliphatic carbocycles. The van der Waals surface area contributed by atoms with Crippen LogP contribution in [0.3, 0.4) is 0 Å². The Morgan fingerprint density at radius 2 is 0.520 bits per heavy atom. The molecule has 98 heavy (non-hydrogen) atoms. The van der Waals surface area contributed by atoms with Crippen LogP contribution in [0.1, 0.15) is 63.2 Å². The summed E-state index contributed by atoms with van der Waals surface area (Å²) < 4.78 is 0. The number of nitrogens with zero attached hydrogens (tertiary/aromatic N) is 6. The quantitative estimate of drug-likeness (QED) is 0.114. The van der Waals surface area contributed by atoms with Crippen molar-refractivity contribution in [3.8, 4) is 45.0 Å². The van der Waals surface area contributed by atoms with Gasteiger partial charge in [-0.15, -0.1) is 0 Å². The molecular formula is C92H73N6-. The highest BCUT2D eigenvalue weighted by Crippen LogP contribution is 2.48. The molecule has 0 saturated carbocycles. The van der Waals surface area contributed by atoms with Crippen LogP contribution in [-0.2, 0) is 0 Å². The summed E-state index contributed by atoms with van der Waals surface area (Å²) in [5.74, 6) is 0.938. The summed E-state index contributed by atoms with van der Waals surface area (Å²) in [6, 6.07) is 113. The molecule has 6 heteroatoms. The van der Waals surface area contributed by atoms with Gasteiger partial charge in [-0.2, -0.15) is 0 Å². The lowest BCUT2D eigenvalue weighted by Gasteiger charge is -2.30. The fraction of sp³-hybridized carbons (Fsp3) is 0.0870. The molecule has 0 saturated heterocycles. The Bertz CT molecular complexity index is 5460. The summed E-state index contributed by atoms with van der Waals surface area (Å²) in [4.78, 5) is 25.4. The number of rotatable bonds is 12. The summed E-state index contributed by atoms with van der Waals surface area (Å²) in [5, 5.41) is 11.6. The molecule has 0 aliphatic heterocycles. The average Bonchev–Trinajstić information content (AvgIpc) is 0.728. The first-order valence-electron chi connectivity index (χ1n) is 34.0. The van der Waals surface area contributed by atoms with Crippen LogP contribution in [0.4, 0.5) is 34.1 Å². The topological polar surface area (TPSA) is 58.0 Å². The number of aryl methyl sites for hydroxylation is 2. The van der Waals surface area contributed by atoms with E-state index in [1.165, 1.54) is 65.9 Å². The highest BCUT2D eigenvalue weighted by molar-refractivity contribution is 6.24. The molecule has 0 fully saturated rings. The zero-order valence-corrected chi connectivity index (χ0v) is 55.9. The second kappa shape index (κ2) is 25.9. The van der Waals surface area contributed by atoms with Crippen molar-refractivity contribution in [1.29, 1.82) is 0 Å². The molecule has 4 heterocycles. The molecule has 0 spiro atoms. The van der Waals surface area contributed by atoms with E-state index >= 15 is 0 Å². The van der Waals surface area contributed by atoms with Crippen molar-refractivity contribution in [2.75, 3.05) is 9.80 Å². The molecule has 0 aliphatic rings. The third-order valence-electron chi connectivity index (χ3n) is 19.2. The Morgan fingerprint density at radius 3 is 0.847 bits per heavy atom. The molecule has 6 nitrogen and oxygen atoms in total. The lowest BCUT2D eigenvalue weighted by Crippen LogP contribution is -2.12. The van der Waals surface area contributed by atoms with Crippen LogP contribution < -0.4 is 9.80 Å². The molecule has 472 valence electrons. The lowest BCUT2D eigenvalue weighted by molar-refractivity contribution is 0.866. The van der Waals surface area contributed by atoms with Crippen molar-refractivity contribution in [1.82, 2.24) is 19.9 Å². The van der Waals surface area contributed by atoms with Crippen LogP contribution in [-0.4, -0.2) is 19.9 Å². The van der Waals surface area contributed by atoms with Crippen molar-refractivity contribution in [2.45, 2.75) is 53.4 Å². The van der Waals surface area contributed by atoms with Gasteiger partial charge >= 0.3 is 0 Å². The largest absolute Gasteiger partial charge is 1.00 e. The molecule has 0 N–H and O–H groups in total. The van der Waals surface area contributed by atoms with Gasteiger partial charge in [-0.3, -0.25) is 0 Å². The molecule has 0 atom stereocenters. The van der Waals surface area contributed by atoms with Gasteiger partial charge in [0.15, 0.2) is 0 Å². The van der Waals surface area contributed by atoms with Gasteiger partial charge in [0.1, 0.15) is 0 Å². The molecule has 0 bridgehead atoms. The normalized spacial score (nSPS) is 11.6. The molecule has 4 aromatic heterocycles. The minimum absolute atomic E-state index is 0. The second-order valence-corrected chi connectivity index (χ2v) is 26.3. The maximum Gasteiger partial charge on any atom is 0.0972 e. The predicted octanol–water partition coefficient (Wildman–Crippen LogP) is 25.6. The van der Waals surface area contributed by atoms with Gasteiger partial charge in [0.2, 0.25) is 0 Å². The third-order valence-corrected chi connectivity index (χ3v) is 19.2. The van der Waals surface area contributed by atoms with E-state index in [2.05, 4.69) is 330 Å². The Hall–Kier alpha value is -12.1. The zero-order chi connectivity index (χ0) is 66.4. The zero-order valence-electron chi connectivity index (χ0n) is 56.9. The highest BCUT2D eigenvalue weighted by Gasteiger charge is 2.23. The van der Waals surface area contributed by atoms with Gasteiger partial charge in [0, 0.05) is 77.3 Å². The van der Waals surface area contributed by atoms with E-state index in [1.807, 2.05) is 36.4 Å². The van der Waals surface area contributed by atoms with Crippen LogP contribution in [0, 0.1) is 13.8 Å². The summed E-state index contributed by atoms with van der Waals surface area (Å²) in [6.45, 7) is 13.3. The first kappa shape index (κ1) is 60.8. The Morgan fingerprint density at radius 1 is 0.245 bits per heavy atom. The monoisotopic (exact) mass is 1260 g/mol. The maximum absolute atomic E-state index is 5.18. The molecule has 0 unspecified atom stereocenters. The van der Waals surface area contributed by atoms with Crippen LogP contribution in [0.2, 0.25) is 0 Å². The number of fused-ring (bicyclic) bond motifs is 11. The van der Waals surface area contributed by atoms with E-state index in [1.54, 1.807) is 0 Å². The SMILES string of the molecule is Cc1ccc(N(c2ccc(C(C)C)cc2)c2cc3c4ccccc4c(N(c4ccc(C)cc4)c4ccc(C(C)C)cc4)cc3c3ccccc23)cc1.[2H-].c1ccc(-c2ccc3ccc4ccc(-c5cccc(-c6ccc7ccc8ccc(-c9ccccc9)nc8c7n6)c5)nc4c3n2)cc1. The van der Waals surface area contributed by atoms with Gasteiger partial charge in [-0.25, -0.2) is 19.9 Å². The number of pyridine rings is 4. The minimum atomic E-state index is 0. The van der Waals surface area contributed by atoms with E-state index < -0.39 is 0 Å². The Balaban J connectivity index is 0.000000161. The summed E-state index contributed by atoms with van der Waals surface area (Å²) >= 11 is 0. The predicted molar refractivity (Wildman–Crippen MR) is 416 cm³/mol. The van der Waals surface area contributed by atoms with Crippen molar-refractivity contribution in [2.24, 2.45) is 0 Å².